The molecule has 2 rings (SSSR count). The van der Waals surface area contributed by atoms with Gasteiger partial charge < -0.3 is 15.2 Å². The van der Waals surface area contributed by atoms with E-state index in [1.165, 1.54) is 12.1 Å². The van der Waals surface area contributed by atoms with E-state index >= 15 is 0 Å². The van der Waals surface area contributed by atoms with Crippen LogP contribution in [0.5, 0.6) is 0 Å². The lowest BCUT2D eigenvalue weighted by Crippen LogP contribution is -2.44. The van der Waals surface area contributed by atoms with Gasteiger partial charge in [0.2, 0.25) is 0 Å². The molecular formula is C17H17F2NO3. The van der Waals surface area contributed by atoms with Gasteiger partial charge in [0.05, 0.1) is 0 Å². The second-order valence-electron chi connectivity index (χ2n) is 4.92. The molecule has 0 bridgehead atoms. The topological polar surface area (TPSA) is 58.6 Å². The molecule has 0 aromatic heterocycles. The molecule has 2 N–H and O–H groups in total. The molecule has 23 heavy (non-hydrogen) atoms. The monoisotopic (exact) mass is 321 g/mol. The summed E-state index contributed by atoms with van der Waals surface area (Å²) in [6, 6.07) is 15.1. The number of alkyl carbamates (subject to hydrolysis) is 1. The average molecular weight is 321 g/mol. The van der Waals surface area contributed by atoms with Crippen LogP contribution < -0.4 is 5.32 Å². The highest BCUT2D eigenvalue weighted by molar-refractivity contribution is 5.67. The molecule has 122 valence electrons. The fourth-order valence-electron chi connectivity index (χ4n) is 2.04. The molecule has 0 unspecified atom stereocenters. The molecule has 0 radical (unpaired) electrons. The minimum Gasteiger partial charge on any atom is -0.445 e. The first kappa shape index (κ1) is 16.9. The third kappa shape index (κ3) is 5.03. The smallest absolute Gasteiger partial charge is 0.407 e. The molecule has 0 fully saturated rings. The summed E-state index contributed by atoms with van der Waals surface area (Å²) in [4.78, 5) is 11.7. The first-order chi connectivity index (χ1) is 11.1. The zero-order chi connectivity index (χ0) is 16.7. The van der Waals surface area contributed by atoms with Crippen molar-refractivity contribution in [3.8, 4) is 0 Å². The van der Waals surface area contributed by atoms with Crippen LogP contribution in [0.1, 0.15) is 17.2 Å². The van der Waals surface area contributed by atoms with Crippen molar-refractivity contribution in [2.45, 2.75) is 25.2 Å². The van der Waals surface area contributed by atoms with Gasteiger partial charge in [0.25, 0.3) is 6.43 Å². The quantitative estimate of drug-likeness (QED) is 0.858. The van der Waals surface area contributed by atoms with E-state index in [1.54, 1.807) is 42.5 Å². The van der Waals surface area contributed by atoms with Crippen LogP contribution in [0.2, 0.25) is 0 Å². The number of carbonyl (C=O) groups is 1. The van der Waals surface area contributed by atoms with E-state index < -0.39 is 24.7 Å². The van der Waals surface area contributed by atoms with Gasteiger partial charge >= 0.3 is 6.09 Å². The van der Waals surface area contributed by atoms with Crippen LogP contribution in [0.3, 0.4) is 0 Å². The Morgan fingerprint density at radius 2 is 1.61 bits per heavy atom. The highest BCUT2D eigenvalue weighted by atomic mass is 19.3. The average Bonchev–Trinajstić information content (AvgIpc) is 2.58. The fourth-order valence-corrected chi connectivity index (χ4v) is 2.04. The molecule has 2 aromatic carbocycles. The van der Waals surface area contributed by atoms with Crippen molar-refractivity contribution in [2.75, 3.05) is 0 Å². The van der Waals surface area contributed by atoms with Gasteiger partial charge in [-0.2, -0.15) is 0 Å². The Morgan fingerprint density at radius 1 is 1.04 bits per heavy atom. The zero-order valence-electron chi connectivity index (χ0n) is 12.2. The summed E-state index contributed by atoms with van der Waals surface area (Å²) >= 11 is 0. The predicted octanol–water partition coefficient (Wildman–Crippen LogP) is 3.28. The van der Waals surface area contributed by atoms with Crippen LogP contribution in [0, 0.1) is 0 Å². The van der Waals surface area contributed by atoms with Crippen LogP contribution in [-0.4, -0.2) is 23.7 Å². The summed E-state index contributed by atoms with van der Waals surface area (Å²) in [5, 5.41) is 12.1. The number of hydrogen-bond donors (Lipinski definition) is 2. The molecule has 2 aromatic rings. The lowest BCUT2D eigenvalue weighted by Gasteiger charge is -2.23. The molecular weight excluding hydrogens is 304 g/mol. The van der Waals surface area contributed by atoms with Gasteiger partial charge in [-0.1, -0.05) is 60.7 Å². The molecule has 0 aliphatic heterocycles. The molecule has 0 aliphatic rings. The van der Waals surface area contributed by atoms with Crippen LogP contribution in [0.25, 0.3) is 0 Å². The van der Waals surface area contributed by atoms with E-state index in [0.717, 1.165) is 5.56 Å². The number of aliphatic hydroxyl groups is 1. The van der Waals surface area contributed by atoms with E-state index in [9.17, 15) is 18.7 Å². The van der Waals surface area contributed by atoms with E-state index in [2.05, 4.69) is 0 Å². The van der Waals surface area contributed by atoms with E-state index in [0.29, 0.717) is 5.56 Å². The third-order valence-electron chi connectivity index (χ3n) is 3.25. The molecule has 4 nitrogen and oxygen atoms in total. The number of halogens is 2. The minimum absolute atomic E-state index is 0.0376. The van der Waals surface area contributed by atoms with Gasteiger partial charge in [-0.25, -0.2) is 13.6 Å². The van der Waals surface area contributed by atoms with Crippen LogP contribution in [0.4, 0.5) is 13.6 Å². The second-order valence-corrected chi connectivity index (χ2v) is 4.92. The van der Waals surface area contributed by atoms with Crippen molar-refractivity contribution in [1.82, 2.24) is 5.32 Å². The van der Waals surface area contributed by atoms with Crippen LogP contribution in [0.15, 0.2) is 60.7 Å². The minimum atomic E-state index is -2.94. The molecule has 0 saturated carbocycles. The summed E-state index contributed by atoms with van der Waals surface area (Å²) in [6.07, 6.45) is -5.47. The Morgan fingerprint density at radius 3 is 2.17 bits per heavy atom. The first-order valence-electron chi connectivity index (χ1n) is 7.06. The number of alkyl halides is 2. The Labute approximate surface area is 132 Å². The molecule has 0 heterocycles. The van der Waals surface area contributed by atoms with Gasteiger partial charge in [0.15, 0.2) is 0 Å². The summed E-state index contributed by atoms with van der Waals surface area (Å²) in [6.45, 7) is -0.0376. The Hall–Kier alpha value is -2.47. The van der Waals surface area contributed by atoms with Crippen molar-refractivity contribution in [3.05, 3.63) is 71.8 Å². The van der Waals surface area contributed by atoms with Crippen molar-refractivity contribution < 1.29 is 23.4 Å². The number of benzene rings is 2. The number of hydrogen-bond acceptors (Lipinski definition) is 3. The third-order valence-corrected chi connectivity index (χ3v) is 3.25. The molecule has 6 heteroatoms. The number of amides is 1. The van der Waals surface area contributed by atoms with E-state index in [-0.39, 0.29) is 6.61 Å². The number of nitrogens with one attached hydrogen (secondary N) is 1. The van der Waals surface area contributed by atoms with Crippen molar-refractivity contribution in [1.29, 1.82) is 0 Å². The zero-order valence-corrected chi connectivity index (χ0v) is 12.2. The summed E-state index contributed by atoms with van der Waals surface area (Å²) in [5.41, 5.74) is 1.03. The van der Waals surface area contributed by atoms with E-state index in [4.69, 9.17) is 4.74 Å². The highest BCUT2D eigenvalue weighted by Gasteiger charge is 2.31. The molecule has 0 saturated heterocycles. The Balaban J connectivity index is 1.95. The van der Waals surface area contributed by atoms with Crippen molar-refractivity contribution in [2.24, 2.45) is 0 Å². The Kier molecular flexibility index (Phi) is 6.05. The van der Waals surface area contributed by atoms with Gasteiger partial charge in [-0.3, -0.25) is 0 Å². The molecule has 1 amide bonds. The first-order valence-corrected chi connectivity index (χ1v) is 7.06. The van der Waals surface area contributed by atoms with Gasteiger partial charge in [-0.15, -0.1) is 0 Å². The van der Waals surface area contributed by atoms with Gasteiger partial charge in [-0.05, 0) is 11.1 Å². The summed E-state index contributed by atoms with van der Waals surface area (Å²) in [7, 11) is 0. The number of ether oxygens (including phenoxy) is 1. The lowest BCUT2D eigenvalue weighted by atomic mass is 10.0. The standard InChI is InChI=1S/C17H17F2NO3/c18-16(19)14(15(21)13-9-5-2-6-10-13)20-17(22)23-11-12-7-3-1-4-8-12/h1-10,14-16,21H,11H2,(H,20,22)/t14-,15-/m1/s1. The lowest BCUT2D eigenvalue weighted by molar-refractivity contribution is 0.0146. The maximum atomic E-state index is 13.1. The van der Waals surface area contributed by atoms with Crippen molar-refractivity contribution >= 4 is 6.09 Å². The molecule has 2 atom stereocenters. The summed E-state index contributed by atoms with van der Waals surface area (Å²) in [5.74, 6) is 0. The second kappa shape index (κ2) is 8.24. The highest BCUT2D eigenvalue weighted by Crippen LogP contribution is 2.21. The van der Waals surface area contributed by atoms with Gasteiger partial charge in [0.1, 0.15) is 18.8 Å². The molecule has 0 aliphatic carbocycles. The maximum absolute atomic E-state index is 13.1. The largest absolute Gasteiger partial charge is 0.445 e. The Bertz CT molecular complexity index is 608. The number of aliphatic hydroxyl groups excluding tert-OH is 1. The van der Waals surface area contributed by atoms with Gasteiger partial charge in [0, 0.05) is 0 Å². The summed E-state index contributed by atoms with van der Waals surface area (Å²) < 4.78 is 31.2. The van der Waals surface area contributed by atoms with Crippen LogP contribution >= 0.6 is 0 Å². The number of carbonyl (C=O) groups excluding carboxylic acids is 1. The fraction of sp³-hybridized carbons (Fsp3) is 0.235. The van der Waals surface area contributed by atoms with Crippen LogP contribution in [-0.2, 0) is 11.3 Å². The number of rotatable bonds is 6. The van der Waals surface area contributed by atoms with Crippen molar-refractivity contribution in [3.63, 3.8) is 0 Å². The predicted molar refractivity (Wildman–Crippen MR) is 81.0 cm³/mol. The SMILES string of the molecule is O=C(N[C@@H](C(F)F)[C@H](O)c1ccccc1)OCc1ccccc1. The van der Waals surface area contributed by atoms with E-state index in [1.807, 2.05) is 11.4 Å². The maximum Gasteiger partial charge on any atom is 0.407 e. The normalized spacial score (nSPS) is 13.4. The molecule has 0 spiro atoms.